The summed E-state index contributed by atoms with van der Waals surface area (Å²) >= 11 is 5.80. The normalized spacial score (nSPS) is 23.9. The Labute approximate surface area is 125 Å². The SMILES string of the molecule is O=C(O)C1(Cc2cc(Cl)ccc2[N+](=O)[O-])CCS(=O)(=O)C1. The quantitative estimate of drug-likeness (QED) is 0.662. The number of nitrogens with zero attached hydrogens (tertiary/aromatic N) is 1. The van der Waals surface area contributed by atoms with Crippen LogP contribution in [-0.2, 0) is 21.1 Å². The minimum Gasteiger partial charge on any atom is -0.481 e. The van der Waals surface area contributed by atoms with Crippen LogP contribution in [-0.4, -0.2) is 35.9 Å². The van der Waals surface area contributed by atoms with Gasteiger partial charge in [-0.1, -0.05) is 11.6 Å². The maximum atomic E-state index is 11.6. The van der Waals surface area contributed by atoms with E-state index in [-0.39, 0.29) is 34.9 Å². The molecular formula is C12H12ClNO6S. The molecule has 0 aliphatic carbocycles. The Balaban J connectivity index is 2.46. The van der Waals surface area contributed by atoms with E-state index >= 15 is 0 Å². The summed E-state index contributed by atoms with van der Waals surface area (Å²) in [5.74, 6) is -2.01. The molecule has 1 heterocycles. The summed E-state index contributed by atoms with van der Waals surface area (Å²) in [6.07, 6.45) is -0.299. The van der Waals surface area contributed by atoms with Crippen LogP contribution in [0.3, 0.4) is 0 Å². The van der Waals surface area contributed by atoms with E-state index in [4.69, 9.17) is 11.6 Å². The van der Waals surface area contributed by atoms with Crippen LogP contribution in [0.4, 0.5) is 5.69 Å². The second kappa shape index (κ2) is 5.27. The zero-order valence-electron chi connectivity index (χ0n) is 10.8. The first-order valence-corrected chi connectivity index (χ1v) is 8.22. The minimum absolute atomic E-state index is 0.0612. The van der Waals surface area contributed by atoms with Crippen LogP contribution in [0.2, 0.25) is 5.02 Å². The molecule has 1 N–H and O–H groups in total. The monoisotopic (exact) mass is 333 g/mol. The molecule has 1 aliphatic rings. The van der Waals surface area contributed by atoms with E-state index in [9.17, 15) is 28.4 Å². The third-order valence-corrected chi connectivity index (χ3v) is 5.66. The number of carboxylic acid groups (broad SMARTS) is 1. The molecule has 0 bridgehead atoms. The van der Waals surface area contributed by atoms with Crippen LogP contribution in [0.1, 0.15) is 12.0 Å². The Morgan fingerprint density at radius 2 is 2.14 bits per heavy atom. The molecule has 1 unspecified atom stereocenters. The summed E-state index contributed by atoms with van der Waals surface area (Å²) in [5.41, 5.74) is -1.66. The highest BCUT2D eigenvalue weighted by molar-refractivity contribution is 7.91. The van der Waals surface area contributed by atoms with Gasteiger partial charge in [-0.25, -0.2) is 8.42 Å². The van der Waals surface area contributed by atoms with Gasteiger partial charge in [-0.05, 0) is 25.0 Å². The molecule has 9 heteroatoms. The van der Waals surface area contributed by atoms with Gasteiger partial charge in [-0.15, -0.1) is 0 Å². The second-order valence-electron chi connectivity index (χ2n) is 5.13. The van der Waals surface area contributed by atoms with Crippen molar-refractivity contribution in [3.63, 3.8) is 0 Å². The Kier molecular flexibility index (Phi) is 3.94. The molecule has 7 nitrogen and oxygen atoms in total. The summed E-state index contributed by atoms with van der Waals surface area (Å²) in [6.45, 7) is 0. The predicted octanol–water partition coefficient (Wildman–Crippen LogP) is 1.68. The number of hydrogen-bond acceptors (Lipinski definition) is 5. The van der Waals surface area contributed by atoms with Crippen molar-refractivity contribution in [1.82, 2.24) is 0 Å². The molecule has 0 aromatic heterocycles. The average molecular weight is 334 g/mol. The number of hydrogen-bond donors (Lipinski definition) is 1. The fraction of sp³-hybridized carbons (Fsp3) is 0.417. The molecule has 1 aromatic carbocycles. The Hall–Kier alpha value is -1.67. The smallest absolute Gasteiger partial charge is 0.311 e. The minimum atomic E-state index is -3.45. The molecule has 1 atom stereocenters. The van der Waals surface area contributed by atoms with E-state index in [1.165, 1.54) is 18.2 Å². The van der Waals surface area contributed by atoms with Crippen molar-refractivity contribution in [2.24, 2.45) is 5.41 Å². The summed E-state index contributed by atoms with van der Waals surface area (Å²) < 4.78 is 23.2. The number of benzene rings is 1. The molecule has 2 rings (SSSR count). The number of nitro groups is 1. The molecule has 114 valence electrons. The van der Waals surface area contributed by atoms with E-state index in [0.29, 0.717) is 0 Å². The van der Waals surface area contributed by atoms with Crippen molar-refractivity contribution >= 4 is 33.1 Å². The number of aliphatic carboxylic acids is 1. The van der Waals surface area contributed by atoms with Gasteiger partial charge in [0.1, 0.15) is 0 Å². The van der Waals surface area contributed by atoms with Crippen molar-refractivity contribution in [3.8, 4) is 0 Å². The van der Waals surface area contributed by atoms with Gasteiger partial charge in [0.15, 0.2) is 9.84 Å². The van der Waals surface area contributed by atoms with Gasteiger partial charge in [0.05, 0.1) is 21.8 Å². The van der Waals surface area contributed by atoms with Crippen molar-refractivity contribution in [2.45, 2.75) is 12.8 Å². The molecule has 0 saturated carbocycles. The Morgan fingerprint density at radius 3 is 2.62 bits per heavy atom. The molecule has 1 aliphatic heterocycles. The summed E-state index contributed by atoms with van der Waals surface area (Å²) in [5, 5.41) is 20.6. The van der Waals surface area contributed by atoms with Crippen LogP contribution in [0.15, 0.2) is 18.2 Å². The number of sulfone groups is 1. The molecule has 0 radical (unpaired) electrons. The fourth-order valence-corrected chi connectivity index (χ4v) is 4.79. The zero-order chi connectivity index (χ0) is 15.8. The lowest BCUT2D eigenvalue weighted by atomic mass is 9.81. The van der Waals surface area contributed by atoms with Gasteiger partial charge in [-0.2, -0.15) is 0 Å². The summed E-state index contributed by atoms with van der Waals surface area (Å²) in [7, 11) is -3.45. The molecule has 1 aromatic rings. The lowest BCUT2D eigenvalue weighted by Gasteiger charge is -2.22. The molecule has 1 saturated heterocycles. The number of rotatable bonds is 4. The maximum Gasteiger partial charge on any atom is 0.311 e. The first-order valence-electron chi connectivity index (χ1n) is 6.02. The van der Waals surface area contributed by atoms with Crippen molar-refractivity contribution in [2.75, 3.05) is 11.5 Å². The third-order valence-electron chi connectivity index (χ3n) is 3.61. The third kappa shape index (κ3) is 3.16. The van der Waals surface area contributed by atoms with Crippen molar-refractivity contribution in [3.05, 3.63) is 38.9 Å². The maximum absolute atomic E-state index is 11.6. The highest BCUT2D eigenvalue weighted by Crippen LogP contribution is 2.38. The van der Waals surface area contributed by atoms with Gasteiger partial charge in [0.2, 0.25) is 0 Å². The highest BCUT2D eigenvalue weighted by Gasteiger charge is 2.49. The number of nitro benzene ring substituents is 1. The van der Waals surface area contributed by atoms with Gasteiger partial charge in [0, 0.05) is 16.7 Å². The zero-order valence-corrected chi connectivity index (χ0v) is 12.4. The van der Waals surface area contributed by atoms with E-state index < -0.39 is 31.9 Å². The van der Waals surface area contributed by atoms with Gasteiger partial charge in [-0.3, -0.25) is 14.9 Å². The molecule has 0 spiro atoms. The molecule has 21 heavy (non-hydrogen) atoms. The number of halogens is 1. The predicted molar refractivity (Wildman–Crippen MR) is 75.2 cm³/mol. The number of carboxylic acids is 1. The summed E-state index contributed by atoms with van der Waals surface area (Å²) in [4.78, 5) is 21.9. The molecule has 1 fully saturated rings. The summed E-state index contributed by atoms with van der Waals surface area (Å²) in [6, 6.07) is 3.84. The standard InChI is InChI=1S/C12H12ClNO6S/c13-9-1-2-10(14(17)18)8(5-9)6-12(11(15)16)3-4-21(19,20)7-12/h1-2,5H,3-4,6-7H2,(H,15,16). The van der Waals surface area contributed by atoms with Gasteiger partial charge in [0.25, 0.3) is 5.69 Å². The van der Waals surface area contributed by atoms with E-state index in [1.807, 2.05) is 0 Å². The van der Waals surface area contributed by atoms with Crippen molar-refractivity contribution < 1.29 is 23.2 Å². The van der Waals surface area contributed by atoms with E-state index in [1.54, 1.807) is 0 Å². The van der Waals surface area contributed by atoms with Crippen LogP contribution in [0.25, 0.3) is 0 Å². The van der Waals surface area contributed by atoms with Crippen LogP contribution >= 0.6 is 11.6 Å². The lowest BCUT2D eigenvalue weighted by Crippen LogP contribution is -2.34. The highest BCUT2D eigenvalue weighted by atomic mass is 35.5. The van der Waals surface area contributed by atoms with Crippen LogP contribution < -0.4 is 0 Å². The number of carbonyl (C=O) groups is 1. The topological polar surface area (TPSA) is 115 Å². The van der Waals surface area contributed by atoms with Gasteiger partial charge < -0.3 is 5.11 Å². The average Bonchev–Trinajstić information content (AvgIpc) is 2.66. The largest absolute Gasteiger partial charge is 0.481 e. The van der Waals surface area contributed by atoms with Crippen LogP contribution in [0.5, 0.6) is 0 Å². The van der Waals surface area contributed by atoms with Gasteiger partial charge >= 0.3 is 5.97 Å². The molecule has 0 amide bonds. The van der Waals surface area contributed by atoms with Crippen molar-refractivity contribution in [1.29, 1.82) is 0 Å². The second-order valence-corrected chi connectivity index (χ2v) is 7.75. The first kappa shape index (κ1) is 15.7. The first-order chi connectivity index (χ1) is 9.65. The fourth-order valence-electron chi connectivity index (χ4n) is 2.54. The van der Waals surface area contributed by atoms with E-state index in [0.717, 1.165) is 0 Å². The Morgan fingerprint density at radius 1 is 1.48 bits per heavy atom. The Bertz CT molecular complexity index is 716. The van der Waals surface area contributed by atoms with E-state index in [2.05, 4.69) is 0 Å². The van der Waals surface area contributed by atoms with Crippen LogP contribution in [0, 0.1) is 15.5 Å². The molecular weight excluding hydrogens is 322 g/mol. The lowest BCUT2D eigenvalue weighted by molar-refractivity contribution is -0.385.